The molecule has 2 aromatic carbocycles. The van der Waals surface area contributed by atoms with Crippen molar-refractivity contribution in [2.45, 2.75) is 40.2 Å². The molecule has 1 saturated heterocycles. The molecule has 0 saturated carbocycles. The lowest BCUT2D eigenvalue weighted by molar-refractivity contribution is 0.0528. The highest BCUT2D eigenvalue weighted by Crippen LogP contribution is 2.30. The van der Waals surface area contributed by atoms with E-state index in [1.165, 1.54) is 11.6 Å². The summed E-state index contributed by atoms with van der Waals surface area (Å²) < 4.78 is 14.7. The van der Waals surface area contributed by atoms with E-state index in [4.69, 9.17) is 5.73 Å². The minimum Gasteiger partial charge on any atom is -0.338 e. The zero-order chi connectivity index (χ0) is 19.1. The number of carbonyl (C=O) groups excluding carboxylic acids is 1. The van der Waals surface area contributed by atoms with E-state index < -0.39 is 5.82 Å². The minimum absolute atomic E-state index is 0.0588. The van der Waals surface area contributed by atoms with Crippen LogP contribution in [-0.4, -0.2) is 29.9 Å². The molecule has 26 heavy (non-hydrogen) atoms. The number of piperidine rings is 1. The molecule has 0 bridgehead atoms. The van der Waals surface area contributed by atoms with Crippen molar-refractivity contribution in [2.24, 2.45) is 11.1 Å². The highest BCUT2D eigenvalue weighted by Gasteiger charge is 2.36. The van der Waals surface area contributed by atoms with Crippen LogP contribution in [0.2, 0.25) is 0 Å². The Labute approximate surface area is 155 Å². The molecule has 1 atom stereocenters. The second-order valence-corrected chi connectivity index (χ2v) is 8.10. The van der Waals surface area contributed by atoms with Gasteiger partial charge >= 0.3 is 0 Å². The van der Waals surface area contributed by atoms with Crippen LogP contribution < -0.4 is 5.73 Å². The zero-order valence-electron chi connectivity index (χ0n) is 16.0. The lowest BCUT2D eigenvalue weighted by Crippen LogP contribution is -2.54. The molecular formula is C22H27FN2O. The summed E-state index contributed by atoms with van der Waals surface area (Å²) in [6.07, 6.45) is 0.737. The fraction of sp³-hybridized carbons (Fsp3) is 0.409. The standard InChI is InChI=1S/C22H27FN2O/c1-14-5-6-16(11-15(14)2)17-7-8-18(19(23)12-17)21(26)25-10-9-20(24)22(3,4)13-25/h5-8,11-12,20H,9-10,13,24H2,1-4H3. The van der Waals surface area contributed by atoms with Gasteiger partial charge in [-0.25, -0.2) is 4.39 Å². The number of benzene rings is 2. The Morgan fingerprint density at radius 1 is 1.12 bits per heavy atom. The second kappa shape index (κ2) is 6.84. The van der Waals surface area contributed by atoms with Crippen molar-refractivity contribution in [2.75, 3.05) is 13.1 Å². The summed E-state index contributed by atoms with van der Waals surface area (Å²) in [4.78, 5) is 14.5. The first-order valence-corrected chi connectivity index (χ1v) is 9.11. The van der Waals surface area contributed by atoms with Crippen molar-refractivity contribution in [3.63, 3.8) is 0 Å². The highest BCUT2D eigenvalue weighted by atomic mass is 19.1. The predicted molar refractivity (Wildman–Crippen MR) is 104 cm³/mol. The molecule has 0 aliphatic carbocycles. The average Bonchev–Trinajstić information content (AvgIpc) is 2.59. The summed E-state index contributed by atoms with van der Waals surface area (Å²) in [6.45, 7) is 9.31. The number of aryl methyl sites for hydroxylation is 2. The monoisotopic (exact) mass is 354 g/mol. The number of nitrogens with two attached hydrogens (primary N) is 1. The Hall–Kier alpha value is -2.20. The van der Waals surface area contributed by atoms with Crippen LogP contribution in [0.5, 0.6) is 0 Å². The predicted octanol–water partition coefficient (Wildman–Crippen LogP) is 4.31. The fourth-order valence-corrected chi connectivity index (χ4v) is 3.51. The van der Waals surface area contributed by atoms with E-state index >= 15 is 0 Å². The summed E-state index contributed by atoms with van der Waals surface area (Å²) >= 11 is 0. The van der Waals surface area contributed by atoms with Crippen molar-refractivity contribution in [1.29, 1.82) is 0 Å². The van der Waals surface area contributed by atoms with Crippen LogP contribution in [0.25, 0.3) is 11.1 Å². The number of rotatable bonds is 2. The zero-order valence-corrected chi connectivity index (χ0v) is 16.0. The second-order valence-electron chi connectivity index (χ2n) is 8.10. The first-order valence-electron chi connectivity index (χ1n) is 9.11. The molecule has 1 aliphatic rings. The number of carbonyl (C=O) groups is 1. The van der Waals surface area contributed by atoms with Crippen LogP contribution in [0.3, 0.4) is 0 Å². The van der Waals surface area contributed by atoms with E-state index in [0.29, 0.717) is 13.1 Å². The molecule has 138 valence electrons. The molecule has 3 nitrogen and oxygen atoms in total. The van der Waals surface area contributed by atoms with E-state index in [9.17, 15) is 9.18 Å². The van der Waals surface area contributed by atoms with Gasteiger partial charge < -0.3 is 10.6 Å². The van der Waals surface area contributed by atoms with Gasteiger partial charge in [0.15, 0.2) is 0 Å². The quantitative estimate of drug-likeness (QED) is 0.873. The van der Waals surface area contributed by atoms with Gasteiger partial charge in [0, 0.05) is 19.1 Å². The van der Waals surface area contributed by atoms with Crippen LogP contribution in [0.15, 0.2) is 36.4 Å². The topological polar surface area (TPSA) is 46.3 Å². The van der Waals surface area contributed by atoms with Gasteiger partial charge in [-0.15, -0.1) is 0 Å². The first kappa shape index (κ1) is 18.6. The van der Waals surface area contributed by atoms with Gasteiger partial charge in [-0.1, -0.05) is 38.1 Å². The molecule has 1 fully saturated rings. The third-order valence-corrected chi connectivity index (χ3v) is 5.64. The molecule has 2 aromatic rings. The van der Waals surface area contributed by atoms with E-state index in [0.717, 1.165) is 23.1 Å². The van der Waals surface area contributed by atoms with Gasteiger partial charge in [-0.05, 0) is 60.1 Å². The number of hydrogen-bond donors (Lipinski definition) is 1. The third-order valence-electron chi connectivity index (χ3n) is 5.64. The maximum Gasteiger partial charge on any atom is 0.256 e. The number of nitrogens with zero attached hydrogens (tertiary/aromatic N) is 1. The Kier molecular flexibility index (Phi) is 4.89. The average molecular weight is 354 g/mol. The van der Waals surface area contributed by atoms with Crippen LogP contribution in [0.4, 0.5) is 4.39 Å². The normalized spacial score (nSPS) is 19.5. The van der Waals surface area contributed by atoms with Crippen molar-refractivity contribution < 1.29 is 9.18 Å². The molecule has 4 heteroatoms. The van der Waals surface area contributed by atoms with Crippen LogP contribution in [0, 0.1) is 25.1 Å². The van der Waals surface area contributed by atoms with Gasteiger partial charge in [0.25, 0.3) is 5.91 Å². The molecule has 2 N–H and O–H groups in total. The molecule has 3 rings (SSSR count). The fourth-order valence-electron chi connectivity index (χ4n) is 3.51. The Balaban J connectivity index is 1.85. The van der Waals surface area contributed by atoms with Crippen molar-refractivity contribution in [1.82, 2.24) is 4.90 Å². The van der Waals surface area contributed by atoms with Crippen LogP contribution in [0.1, 0.15) is 41.8 Å². The minimum atomic E-state index is -0.474. The number of halogens is 1. The van der Waals surface area contributed by atoms with E-state index in [1.807, 2.05) is 38.1 Å². The van der Waals surface area contributed by atoms with Gasteiger partial charge in [-0.2, -0.15) is 0 Å². The van der Waals surface area contributed by atoms with Crippen molar-refractivity contribution in [3.05, 3.63) is 58.9 Å². The first-order chi connectivity index (χ1) is 12.2. The smallest absolute Gasteiger partial charge is 0.256 e. The lowest BCUT2D eigenvalue weighted by Gasteiger charge is -2.42. The summed E-state index contributed by atoms with van der Waals surface area (Å²) in [5.41, 5.74) is 10.2. The largest absolute Gasteiger partial charge is 0.338 e. The van der Waals surface area contributed by atoms with Gasteiger partial charge in [0.2, 0.25) is 0 Å². The maximum absolute atomic E-state index is 14.7. The summed E-state index contributed by atoms with van der Waals surface area (Å²) in [5, 5.41) is 0. The SMILES string of the molecule is Cc1ccc(-c2ccc(C(=O)N3CCC(N)C(C)(C)C3)c(F)c2)cc1C. The molecular weight excluding hydrogens is 327 g/mol. The number of amides is 1. The van der Waals surface area contributed by atoms with E-state index in [1.54, 1.807) is 11.0 Å². The third kappa shape index (κ3) is 3.51. The summed E-state index contributed by atoms with van der Waals surface area (Å²) in [6, 6.07) is 11.0. The maximum atomic E-state index is 14.7. The van der Waals surface area contributed by atoms with Gasteiger partial charge in [-0.3, -0.25) is 4.79 Å². The number of hydrogen-bond acceptors (Lipinski definition) is 2. The van der Waals surface area contributed by atoms with Gasteiger partial charge in [0.05, 0.1) is 5.56 Å². The Bertz CT molecular complexity index is 844. The Morgan fingerprint density at radius 2 is 1.77 bits per heavy atom. The van der Waals surface area contributed by atoms with Crippen molar-refractivity contribution >= 4 is 5.91 Å². The summed E-state index contributed by atoms with van der Waals surface area (Å²) in [7, 11) is 0. The highest BCUT2D eigenvalue weighted by molar-refractivity contribution is 5.95. The number of likely N-dealkylation sites (tertiary alicyclic amines) is 1. The van der Waals surface area contributed by atoms with Crippen molar-refractivity contribution in [3.8, 4) is 11.1 Å². The van der Waals surface area contributed by atoms with Crippen LogP contribution in [-0.2, 0) is 0 Å². The van der Waals surface area contributed by atoms with Crippen LogP contribution >= 0.6 is 0 Å². The summed E-state index contributed by atoms with van der Waals surface area (Å²) in [5.74, 6) is -0.729. The molecule has 0 radical (unpaired) electrons. The van der Waals surface area contributed by atoms with Gasteiger partial charge in [0.1, 0.15) is 5.82 Å². The van der Waals surface area contributed by atoms with E-state index in [-0.39, 0.29) is 22.9 Å². The van der Waals surface area contributed by atoms with E-state index in [2.05, 4.69) is 13.8 Å². The molecule has 1 unspecified atom stereocenters. The molecule has 0 aromatic heterocycles. The molecule has 1 amide bonds. The molecule has 1 heterocycles. The molecule has 1 aliphatic heterocycles. The Morgan fingerprint density at radius 3 is 2.38 bits per heavy atom. The lowest BCUT2D eigenvalue weighted by atomic mass is 9.79. The molecule has 0 spiro atoms.